The molecule has 0 saturated heterocycles. The summed E-state index contributed by atoms with van der Waals surface area (Å²) in [4.78, 5) is 14.1. The van der Waals surface area contributed by atoms with Crippen molar-refractivity contribution in [2.24, 2.45) is 10.9 Å². The average molecular weight is 291 g/mol. The van der Waals surface area contributed by atoms with Crippen molar-refractivity contribution in [3.63, 3.8) is 0 Å². The predicted octanol–water partition coefficient (Wildman–Crippen LogP) is 3.13. The summed E-state index contributed by atoms with van der Waals surface area (Å²) in [6, 6.07) is 9.51. The maximum atomic E-state index is 12.4. The Morgan fingerprint density at radius 2 is 1.90 bits per heavy atom. The van der Waals surface area contributed by atoms with Gasteiger partial charge in [0.15, 0.2) is 0 Å². The summed E-state index contributed by atoms with van der Waals surface area (Å²) < 4.78 is 0. The Labute approximate surface area is 126 Å². The third kappa shape index (κ3) is 6.29. The lowest BCUT2D eigenvalue weighted by Gasteiger charge is -2.22. The van der Waals surface area contributed by atoms with Crippen LogP contribution in [0.1, 0.15) is 45.4 Å². The SMILES string of the molecule is CCCCCCC(=O)N(CC/C(N)=N/O)c1ccccc1. The minimum atomic E-state index is 0.0862. The van der Waals surface area contributed by atoms with E-state index in [2.05, 4.69) is 12.1 Å². The van der Waals surface area contributed by atoms with Crippen LogP contribution in [0.4, 0.5) is 5.69 Å². The zero-order chi connectivity index (χ0) is 15.5. The maximum absolute atomic E-state index is 12.4. The van der Waals surface area contributed by atoms with Gasteiger partial charge in [-0.1, -0.05) is 49.5 Å². The number of nitrogens with zero attached hydrogens (tertiary/aromatic N) is 2. The molecular weight excluding hydrogens is 266 g/mol. The molecule has 0 bridgehead atoms. The van der Waals surface area contributed by atoms with E-state index in [1.54, 1.807) is 4.90 Å². The summed E-state index contributed by atoms with van der Waals surface area (Å²) in [5.41, 5.74) is 6.35. The van der Waals surface area contributed by atoms with E-state index in [9.17, 15) is 4.79 Å². The van der Waals surface area contributed by atoms with E-state index in [1.807, 2.05) is 30.3 Å². The average Bonchev–Trinajstić information content (AvgIpc) is 2.52. The van der Waals surface area contributed by atoms with Crippen molar-refractivity contribution in [2.75, 3.05) is 11.4 Å². The molecule has 0 aromatic heterocycles. The van der Waals surface area contributed by atoms with E-state index in [0.29, 0.717) is 19.4 Å². The maximum Gasteiger partial charge on any atom is 0.226 e. The van der Waals surface area contributed by atoms with Gasteiger partial charge in [0.1, 0.15) is 5.84 Å². The van der Waals surface area contributed by atoms with Gasteiger partial charge in [0.05, 0.1) is 0 Å². The van der Waals surface area contributed by atoms with Gasteiger partial charge in [0.2, 0.25) is 5.91 Å². The quantitative estimate of drug-likeness (QED) is 0.241. The topological polar surface area (TPSA) is 78.9 Å². The van der Waals surface area contributed by atoms with Gasteiger partial charge in [-0.05, 0) is 18.6 Å². The summed E-state index contributed by atoms with van der Waals surface area (Å²) >= 11 is 0. The van der Waals surface area contributed by atoms with E-state index in [1.165, 1.54) is 0 Å². The van der Waals surface area contributed by atoms with Crippen LogP contribution in [0.5, 0.6) is 0 Å². The Hall–Kier alpha value is -2.04. The number of hydrogen-bond donors (Lipinski definition) is 2. The van der Waals surface area contributed by atoms with Crippen LogP contribution in [0.2, 0.25) is 0 Å². The molecular formula is C16H25N3O2. The van der Waals surface area contributed by atoms with Crippen molar-refractivity contribution >= 4 is 17.4 Å². The lowest BCUT2D eigenvalue weighted by atomic mass is 10.1. The first-order chi connectivity index (χ1) is 10.2. The molecule has 0 aliphatic heterocycles. The van der Waals surface area contributed by atoms with Crippen molar-refractivity contribution in [3.8, 4) is 0 Å². The second-order valence-corrected chi connectivity index (χ2v) is 5.03. The lowest BCUT2D eigenvalue weighted by Crippen LogP contribution is -2.34. The minimum Gasteiger partial charge on any atom is -0.409 e. The normalized spacial score (nSPS) is 11.4. The number of nitrogens with two attached hydrogens (primary N) is 1. The van der Waals surface area contributed by atoms with Crippen LogP contribution in [0, 0.1) is 0 Å². The van der Waals surface area contributed by atoms with Crippen LogP contribution in [0.3, 0.4) is 0 Å². The fourth-order valence-corrected chi connectivity index (χ4v) is 2.12. The molecule has 0 heterocycles. The Morgan fingerprint density at radius 3 is 2.52 bits per heavy atom. The first-order valence-electron chi connectivity index (χ1n) is 7.50. The van der Waals surface area contributed by atoms with Crippen LogP contribution in [0.15, 0.2) is 35.5 Å². The number of amidine groups is 1. The molecule has 0 fully saturated rings. The van der Waals surface area contributed by atoms with Crippen LogP contribution >= 0.6 is 0 Å². The second kappa shape index (κ2) is 9.80. The molecule has 21 heavy (non-hydrogen) atoms. The fraction of sp³-hybridized carbons (Fsp3) is 0.500. The summed E-state index contributed by atoms with van der Waals surface area (Å²) in [7, 11) is 0. The molecule has 0 atom stereocenters. The van der Waals surface area contributed by atoms with Crippen LogP contribution in [-0.4, -0.2) is 23.5 Å². The number of anilines is 1. The van der Waals surface area contributed by atoms with Gasteiger partial charge in [-0.2, -0.15) is 0 Å². The van der Waals surface area contributed by atoms with Crippen molar-refractivity contribution in [1.29, 1.82) is 0 Å². The molecule has 0 spiro atoms. The molecule has 1 amide bonds. The minimum absolute atomic E-state index is 0.0862. The Bertz CT molecular complexity index is 446. The van der Waals surface area contributed by atoms with Crippen LogP contribution < -0.4 is 10.6 Å². The molecule has 116 valence electrons. The Balaban J connectivity index is 2.65. The summed E-state index contributed by atoms with van der Waals surface area (Å²) in [6.45, 7) is 2.57. The first kappa shape index (κ1) is 17.0. The Morgan fingerprint density at radius 1 is 1.19 bits per heavy atom. The zero-order valence-electron chi connectivity index (χ0n) is 12.7. The van der Waals surface area contributed by atoms with Gasteiger partial charge >= 0.3 is 0 Å². The Kier molecular flexibility index (Phi) is 7.94. The molecule has 0 aliphatic rings. The number of unbranched alkanes of at least 4 members (excludes halogenated alkanes) is 3. The first-order valence-corrected chi connectivity index (χ1v) is 7.50. The van der Waals surface area contributed by atoms with Gasteiger partial charge in [0.25, 0.3) is 0 Å². The van der Waals surface area contributed by atoms with E-state index in [0.717, 1.165) is 31.4 Å². The number of amides is 1. The fourth-order valence-electron chi connectivity index (χ4n) is 2.12. The largest absolute Gasteiger partial charge is 0.409 e. The summed E-state index contributed by atoms with van der Waals surface area (Å²) in [5.74, 6) is 0.220. The van der Waals surface area contributed by atoms with E-state index in [-0.39, 0.29) is 11.7 Å². The van der Waals surface area contributed by atoms with Crippen molar-refractivity contribution < 1.29 is 10.0 Å². The number of carbonyl (C=O) groups excluding carboxylic acids is 1. The molecule has 1 rings (SSSR count). The lowest BCUT2D eigenvalue weighted by molar-refractivity contribution is -0.118. The third-order valence-electron chi connectivity index (χ3n) is 3.33. The van der Waals surface area contributed by atoms with E-state index >= 15 is 0 Å². The smallest absolute Gasteiger partial charge is 0.226 e. The highest BCUT2D eigenvalue weighted by Crippen LogP contribution is 2.16. The van der Waals surface area contributed by atoms with E-state index in [4.69, 9.17) is 10.9 Å². The second-order valence-electron chi connectivity index (χ2n) is 5.03. The molecule has 1 aromatic rings. The number of oxime groups is 1. The molecule has 0 saturated carbocycles. The molecule has 0 aliphatic carbocycles. The molecule has 5 nitrogen and oxygen atoms in total. The van der Waals surface area contributed by atoms with Crippen molar-refractivity contribution in [3.05, 3.63) is 30.3 Å². The highest BCUT2D eigenvalue weighted by molar-refractivity contribution is 5.94. The number of hydrogen-bond acceptors (Lipinski definition) is 3. The number of para-hydroxylation sites is 1. The van der Waals surface area contributed by atoms with E-state index < -0.39 is 0 Å². The zero-order valence-corrected chi connectivity index (χ0v) is 12.7. The van der Waals surface area contributed by atoms with Gasteiger partial charge < -0.3 is 15.8 Å². The summed E-state index contributed by atoms with van der Waals surface area (Å²) in [6.07, 6.45) is 5.17. The van der Waals surface area contributed by atoms with Crippen molar-refractivity contribution in [2.45, 2.75) is 45.4 Å². The van der Waals surface area contributed by atoms with Crippen LogP contribution in [0.25, 0.3) is 0 Å². The summed E-state index contributed by atoms with van der Waals surface area (Å²) in [5, 5.41) is 11.6. The predicted molar refractivity (Wildman–Crippen MR) is 85.6 cm³/mol. The molecule has 1 aromatic carbocycles. The molecule has 3 N–H and O–H groups in total. The van der Waals surface area contributed by atoms with Crippen LogP contribution in [-0.2, 0) is 4.79 Å². The van der Waals surface area contributed by atoms with Gasteiger partial charge in [-0.3, -0.25) is 4.79 Å². The van der Waals surface area contributed by atoms with Gasteiger partial charge in [0, 0.05) is 25.1 Å². The van der Waals surface area contributed by atoms with Gasteiger partial charge in [-0.15, -0.1) is 0 Å². The molecule has 0 radical (unpaired) electrons. The molecule has 5 heteroatoms. The monoisotopic (exact) mass is 291 g/mol. The highest BCUT2D eigenvalue weighted by atomic mass is 16.4. The highest BCUT2D eigenvalue weighted by Gasteiger charge is 2.15. The number of rotatable bonds is 9. The third-order valence-corrected chi connectivity index (χ3v) is 3.33. The standard InChI is InChI=1S/C16H25N3O2/c1-2-3-4-8-11-16(20)19(13-12-15(17)18-21)14-9-6-5-7-10-14/h5-7,9-10,21H,2-4,8,11-13H2,1H3,(H2,17,18). The molecule has 0 unspecified atom stereocenters. The van der Waals surface area contributed by atoms with Gasteiger partial charge in [-0.25, -0.2) is 0 Å². The number of benzene rings is 1. The van der Waals surface area contributed by atoms with Crippen molar-refractivity contribution in [1.82, 2.24) is 0 Å². The number of carbonyl (C=O) groups is 1.